The molecular weight excluding hydrogens is 241 g/mol. The lowest BCUT2D eigenvalue weighted by molar-refractivity contribution is -0.137. The highest BCUT2D eigenvalue weighted by atomic mass is 19.4. The van der Waals surface area contributed by atoms with Gasteiger partial charge in [-0.2, -0.15) is 13.2 Å². The van der Waals surface area contributed by atoms with Crippen molar-refractivity contribution in [3.05, 3.63) is 29.3 Å². The van der Waals surface area contributed by atoms with Crippen LogP contribution in [-0.4, -0.2) is 32.1 Å². The van der Waals surface area contributed by atoms with E-state index in [1.165, 1.54) is 12.1 Å². The Morgan fingerprint density at radius 1 is 1.33 bits per heavy atom. The minimum Gasteiger partial charge on any atom is -0.384 e. The van der Waals surface area contributed by atoms with Gasteiger partial charge in [0.15, 0.2) is 0 Å². The average Bonchev–Trinajstić information content (AvgIpc) is 2.67. The van der Waals surface area contributed by atoms with Crippen molar-refractivity contribution in [3.8, 4) is 0 Å². The van der Waals surface area contributed by atoms with Gasteiger partial charge in [-0.15, -0.1) is 0 Å². The van der Waals surface area contributed by atoms with E-state index in [0.717, 1.165) is 36.8 Å². The van der Waals surface area contributed by atoms with E-state index in [9.17, 15) is 13.2 Å². The van der Waals surface area contributed by atoms with E-state index in [2.05, 4.69) is 5.32 Å². The highest BCUT2D eigenvalue weighted by molar-refractivity contribution is 5.59. The molecule has 1 N–H and O–H groups in total. The third-order valence-corrected chi connectivity index (χ3v) is 3.28. The maximum absolute atomic E-state index is 12.7. The molecule has 1 aromatic carbocycles. The number of fused-ring (bicyclic) bond motifs is 1. The van der Waals surface area contributed by atoms with Crippen molar-refractivity contribution in [3.63, 3.8) is 0 Å². The molecule has 0 aromatic heterocycles. The fraction of sp³-hybridized carbons (Fsp3) is 0.538. The molecule has 18 heavy (non-hydrogen) atoms. The smallest absolute Gasteiger partial charge is 0.384 e. The molecule has 1 aliphatic rings. The van der Waals surface area contributed by atoms with Crippen molar-refractivity contribution >= 4 is 5.69 Å². The van der Waals surface area contributed by atoms with E-state index < -0.39 is 11.7 Å². The number of nitrogens with zero attached hydrogens (tertiary/aromatic N) is 1. The van der Waals surface area contributed by atoms with Crippen LogP contribution in [0.3, 0.4) is 0 Å². The zero-order valence-corrected chi connectivity index (χ0v) is 10.5. The van der Waals surface area contributed by atoms with Crippen molar-refractivity contribution in [1.29, 1.82) is 0 Å². The van der Waals surface area contributed by atoms with Gasteiger partial charge >= 0.3 is 6.18 Å². The van der Waals surface area contributed by atoms with Gasteiger partial charge in [-0.1, -0.05) is 0 Å². The van der Waals surface area contributed by atoms with E-state index in [1.807, 2.05) is 19.0 Å². The van der Waals surface area contributed by atoms with Gasteiger partial charge in [0.1, 0.15) is 0 Å². The lowest BCUT2D eigenvalue weighted by atomic mass is 9.96. The molecule has 1 unspecified atom stereocenters. The topological polar surface area (TPSA) is 15.3 Å². The first-order valence-corrected chi connectivity index (χ1v) is 5.97. The summed E-state index contributed by atoms with van der Waals surface area (Å²) in [5, 5.41) is 3.17. The van der Waals surface area contributed by atoms with E-state index in [4.69, 9.17) is 0 Å². The molecule has 1 heterocycles. The van der Waals surface area contributed by atoms with E-state index in [0.29, 0.717) is 0 Å². The Morgan fingerprint density at radius 2 is 2.06 bits per heavy atom. The summed E-state index contributed by atoms with van der Waals surface area (Å²) in [6.07, 6.45) is -3.39. The highest BCUT2D eigenvalue weighted by Crippen LogP contribution is 2.38. The summed E-state index contributed by atoms with van der Waals surface area (Å²) in [4.78, 5) is 2.05. The van der Waals surface area contributed by atoms with Crippen LogP contribution in [0, 0.1) is 0 Å². The summed E-state index contributed by atoms with van der Waals surface area (Å²) < 4.78 is 38.0. The van der Waals surface area contributed by atoms with Crippen molar-refractivity contribution in [2.45, 2.75) is 18.5 Å². The summed E-state index contributed by atoms with van der Waals surface area (Å²) in [7, 11) is 3.94. The van der Waals surface area contributed by atoms with Crippen molar-refractivity contribution in [2.24, 2.45) is 0 Å². The average molecular weight is 258 g/mol. The zero-order valence-electron chi connectivity index (χ0n) is 10.5. The summed E-state index contributed by atoms with van der Waals surface area (Å²) in [6, 6.07) is 3.96. The number of hydrogen-bond acceptors (Lipinski definition) is 2. The van der Waals surface area contributed by atoms with Crippen LogP contribution in [0.25, 0.3) is 0 Å². The molecule has 0 spiro atoms. The lowest BCUT2D eigenvalue weighted by Crippen LogP contribution is -2.16. The second-order valence-corrected chi connectivity index (χ2v) is 4.97. The molecule has 1 aliphatic heterocycles. The normalized spacial score (nSPS) is 18.9. The van der Waals surface area contributed by atoms with Gasteiger partial charge < -0.3 is 10.2 Å². The Hall–Kier alpha value is -1.23. The van der Waals surface area contributed by atoms with Gasteiger partial charge in [-0.3, -0.25) is 0 Å². The quantitative estimate of drug-likeness (QED) is 0.895. The number of nitrogens with one attached hydrogen (secondary N) is 1. The predicted octanol–water partition coefficient (Wildman–Crippen LogP) is 3.17. The number of hydrogen-bond donors (Lipinski definition) is 1. The molecule has 0 bridgehead atoms. The first-order chi connectivity index (χ1) is 8.38. The summed E-state index contributed by atoms with van der Waals surface area (Å²) in [5.41, 5.74) is 1.08. The second-order valence-electron chi connectivity index (χ2n) is 4.97. The lowest BCUT2D eigenvalue weighted by Gasteiger charge is -2.15. The maximum atomic E-state index is 12.7. The van der Waals surface area contributed by atoms with Gasteiger partial charge in [-0.25, -0.2) is 0 Å². The molecule has 0 radical (unpaired) electrons. The number of halogens is 3. The molecule has 2 nitrogen and oxygen atoms in total. The summed E-state index contributed by atoms with van der Waals surface area (Å²) in [5.74, 6) is 0.171. The number of rotatable bonds is 3. The third-order valence-electron chi connectivity index (χ3n) is 3.28. The minimum atomic E-state index is -4.26. The van der Waals surface area contributed by atoms with Crippen LogP contribution in [-0.2, 0) is 6.18 Å². The predicted molar refractivity (Wildman–Crippen MR) is 65.8 cm³/mol. The van der Waals surface area contributed by atoms with Gasteiger partial charge in [-0.05, 0) is 50.8 Å². The van der Waals surface area contributed by atoms with Crippen LogP contribution >= 0.6 is 0 Å². The molecule has 0 aliphatic carbocycles. The Bertz CT molecular complexity index is 427. The van der Waals surface area contributed by atoms with Crippen LogP contribution in [0.5, 0.6) is 0 Å². The number of anilines is 1. The van der Waals surface area contributed by atoms with E-state index in [-0.39, 0.29) is 5.92 Å². The van der Waals surface area contributed by atoms with Gasteiger partial charge in [0, 0.05) is 18.2 Å². The van der Waals surface area contributed by atoms with Gasteiger partial charge in [0.05, 0.1) is 5.56 Å². The Morgan fingerprint density at radius 3 is 2.67 bits per heavy atom. The van der Waals surface area contributed by atoms with Crippen LogP contribution in [0.2, 0.25) is 0 Å². The standard InChI is InChI=1S/C13H17F3N2/c1-18(2)6-5-9-8-17-12-4-3-10(7-11(9)12)13(14,15)16/h3-4,7,9,17H,5-6,8H2,1-2H3. The third kappa shape index (κ3) is 2.77. The highest BCUT2D eigenvalue weighted by Gasteiger charge is 2.33. The molecule has 5 heteroatoms. The fourth-order valence-corrected chi connectivity index (χ4v) is 2.25. The van der Waals surface area contributed by atoms with E-state index in [1.54, 1.807) is 0 Å². The SMILES string of the molecule is CN(C)CCC1CNc2ccc(C(F)(F)F)cc21. The van der Waals surface area contributed by atoms with Crippen LogP contribution in [0.15, 0.2) is 18.2 Å². The van der Waals surface area contributed by atoms with Crippen molar-refractivity contribution < 1.29 is 13.2 Å². The fourth-order valence-electron chi connectivity index (χ4n) is 2.25. The molecule has 0 saturated heterocycles. The van der Waals surface area contributed by atoms with Crippen LogP contribution in [0.4, 0.5) is 18.9 Å². The number of benzene rings is 1. The molecular formula is C13H17F3N2. The first-order valence-electron chi connectivity index (χ1n) is 5.97. The van der Waals surface area contributed by atoms with E-state index >= 15 is 0 Å². The van der Waals surface area contributed by atoms with Crippen LogP contribution in [0.1, 0.15) is 23.5 Å². The first kappa shape index (κ1) is 13.2. The molecule has 100 valence electrons. The molecule has 1 atom stereocenters. The number of alkyl halides is 3. The Labute approximate surface area is 105 Å². The Kier molecular flexibility index (Phi) is 3.52. The molecule has 0 saturated carbocycles. The minimum absolute atomic E-state index is 0.171. The molecule has 0 amide bonds. The maximum Gasteiger partial charge on any atom is 0.416 e. The summed E-state index contributed by atoms with van der Waals surface area (Å²) >= 11 is 0. The van der Waals surface area contributed by atoms with Crippen molar-refractivity contribution in [2.75, 3.05) is 32.5 Å². The largest absolute Gasteiger partial charge is 0.416 e. The molecule has 1 aromatic rings. The van der Waals surface area contributed by atoms with Gasteiger partial charge in [0.25, 0.3) is 0 Å². The Balaban J connectivity index is 2.20. The zero-order chi connectivity index (χ0) is 13.3. The molecule has 0 fully saturated rings. The second kappa shape index (κ2) is 4.80. The van der Waals surface area contributed by atoms with Crippen LogP contribution < -0.4 is 5.32 Å². The summed E-state index contributed by atoms with van der Waals surface area (Å²) in [6.45, 7) is 1.60. The van der Waals surface area contributed by atoms with Gasteiger partial charge in [0.2, 0.25) is 0 Å². The molecule has 2 rings (SSSR count). The monoisotopic (exact) mass is 258 g/mol. The van der Waals surface area contributed by atoms with Crippen molar-refractivity contribution in [1.82, 2.24) is 4.90 Å².